The van der Waals surface area contributed by atoms with E-state index < -0.39 is 0 Å². The smallest absolute Gasteiger partial charge is 0.121 e. The van der Waals surface area contributed by atoms with E-state index in [1.165, 1.54) is 0 Å². The van der Waals surface area contributed by atoms with Crippen molar-refractivity contribution in [1.29, 1.82) is 0 Å². The van der Waals surface area contributed by atoms with E-state index >= 15 is 0 Å². The molecule has 18 heavy (non-hydrogen) atoms. The summed E-state index contributed by atoms with van der Waals surface area (Å²) < 4.78 is 10.8. The van der Waals surface area contributed by atoms with Gasteiger partial charge in [0.15, 0.2) is 0 Å². The molecular formula is C15H15NO2. The van der Waals surface area contributed by atoms with Crippen LogP contribution < -0.4 is 10.1 Å². The van der Waals surface area contributed by atoms with Crippen molar-refractivity contribution in [2.24, 2.45) is 0 Å². The van der Waals surface area contributed by atoms with Gasteiger partial charge < -0.3 is 14.8 Å². The summed E-state index contributed by atoms with van der Waals surface area (Å²) in [6, 6.07) is 18.0. The minimum Gasteiger partial charge on any atom is -0.491 e. The highest BCUT2D eigenvalue weighted by Gasteiger charge is 2.22. The molecule has 0 amide bonds. The molecule has 0 saturated carbocycles. The van der Waals surface area contributed by atoms with E-state index in [9.17, 15) is 0 Å². The summed E-state index contributed by atoms with van der Waals surface area (Å²) in [7, 11) is 0. The van der Waals surface area contributed by atoms with Crippen LogP contribution in [-0.2, 0) is 4.74 Å². The molecule has 2 aromatic carbocycles. The van der Waals surface area contributed by atoms with Crippen LogP contribution in [0.15, 0.2) is 54.6 Å². The molecule has 1 heterocycles. The maximum atomic E-state index is 5.64. The molecule has 1 fully saturated rings. The first-order chi connectivity index (χ1) is 8.90. The van der Waals surface area contributed by atoms with E-state index in [0.29, 0.717) is 6.61 Å². The second-order valence-electron chi connectivity index (χ2n) is 4.29. The van der Waals surface area contributed by atoms with Gasteiger partial charge in [-0.2, -0.15) is 0 Å². The summed E-state index contributed by atoms with van der Waals surface area (Å²) in [4.78, 5) is 0. The zero-order chi connectivity index (χ0) is 12.2. The number of benzene rings is 2. The maximum Gasteiger partial charge on any atom is 0.121 e. The Hall–Kier alpha value is -2.00. The summed E-state index contributed by atoms with van der Waals surface area (Å²) in [5.41, 5.74) is 2.09. The molecule has 2 aromatic rings. The van der Waals surface area contributed by atoms with E-state index in [0.717, 1.165) is 23.7 Å². The molecule has 3 nitrogen and oxygen atoms in total. The number of hydrogen-bond acceptors (Lipinski definition) is 3. The van der Waals surface area contributed by atoms with Crippen LogP contribution in [-0.4, -0.2) is 19.3 Å². The third-order valence-corrected chi connectivity index (χ3v) is 2.73. The third-order valence-electron chi connectivity index (χ3n) is 2.73. The molecule has 0 radical (unpaired) electrons. The third kappa shape index (κ3) is 3.02. The van der Waals surface area contributed by atoms with Gasteiger partial charge in [-0.1, -0.05) is 24.3 Å². The molecule has 1 unspecified atom stereocenters. The molecule has 92 valence electrons. The van der Waals surface area contributed by atoms with Crippen molar-refractivity contribution in [1.82, 2.24) is 0 Å². The standard InChI is InChI=1S/C15H15NO2/c1-2-5-12(6-3-1)16-13-7-4-8-14(9-13)17-10-15-11-18-15/h1-9,15-16H,10-11H2. The maximum absolute atomic E-state index is 5.64. The molecule has 0 aromatic heterocycles. The first-order valence-electron chi connectivity index (χ1n) is 6.07. The average molecular weight is 241 g/mol. The minimum absolute atomic E-state index is 0.288. The topological polar surface area (TPSA) is 33.8 Å². The van der Waals surface area contributed by atoms with Crippen molar-refractivity contribution in [3.63, 3.8) is 0 Å². The van der Waals surface area contributed by atoms with Gasteiger partial charge in [0, 0.05) is 17.4 Å². The Balaban J connectivity index is 1.66. The highest BCUT2D eigenvalue weighted by molar-refractivity contribution is 5.60. The predicted molar refractivity (Wildman–Crippen MR) is 71.4 cm³/mol. The number of ether oxygens (including phenoxy) is 2. The van der Waals surface area contributed by atoms with Gasteiger partial charge in [-0.05, 0) is 24.3 Å². The van der Waals surface area contributed by atoms with Crippen LogP contribution in [0.3, 0.4) is 0 Å². The number of anilines is 2. The molecular weight excluding hydrogens is 226 g/mol. The van der Waals surface area contributed by atoms with Gasteiger partial charge in [0.2, 0.25) is 0 Å². The van der Waals surface area contributed by atoms with Crippen LogP contribution in [0.4, 0.5) is 11.4 Å². The van der Waals surface area contributed by atoms with Gasteiger partial charge in [0.05, 0.1) is 6.61 Å². The lowest BCUT2D eigenvalue weighted by atomic mass is 10.2. The first-order valence-corrected chi connectivity index (χ1v) is 6.07. The van der Waals surface area contributed by atoms with Gasteiger partial charge in [-0.25, -0.2) is 0 Å². The normalized spacial score (nSPS) is 17.2. The molecule has 0 spiro atoms. The van der Waals surface area contributed by atoms with Crippen LogP contribution in [0.5, 0.6) is 5.75 Å². The molecule has 1 N–H and O–H groups in total. The number of rotatable bonds is 5. The Morgan fingerprint density at radius 2 is 1.83 bits per heavy atom. The van der Waals surface area contributed by atoms with Crippen molar-refractivity contribution >= 4 is 11.4 Å². The van der Waals surface area contributed by atoms with E-state index in [2.05, 4.69) is 5.32 Å². The summed E-state index contributed by atoms with van der Waals surface area (Å²) in [6.07, 6.45) is 0.288. The second kappa shape index (κ2) is 5.10. The van der Waals surface area contributed by atoms with Crippen LogP contribution >= 0.6 is 0 Å². The molecule has 1 saturated heterocycles. The summed E-state index contributed by atoms with van der Waals surface area (Å²) >= 11 is 0. The Morgan fingerprint density at radius 3 is 2.61 bits per heavy atom. The van der Waals surface area contributed by atoms with Crippen molar-refractivity contribution in [3.8, 4) is 5.75 Å². The van der Waals surface area contributed by atoms with Crippen LogP contribution in [0.2, 0.25) is 0 Å². The van der Waals surface area contributed by atoms with Crippen molar-refractivity contribution in [3.05, 3.63) is 54.6 Å². The largest absolute Gasteiger partial charge is 0.491 e. The molecule has 0 bridgehead atoms. The van der Waals surface area contributed by atoms with Gasteiger partial charge >= 0.3 is 0 Å². The highest BCUT2D eigenvalue weighted by atomic mass is 16.6. The van der Waals surface area contributed by atoms with E-state index in [1.807, 2.05) is 54.6 Å². The average Bonchev–Trinajstić information content (AvgIpc) is 3.22. The van der Waals surface area contributed by atoms with E-state index in [1.54, 1.807) is 0 Å². The fraction of sp³-hybridized carbons (Fsp3) is 0.200. The summed E-state index contributed by atoms with van der Waals surface area (Å²) in [6.45, 7) is 1.46. The molecule has 1 aliphatic rings. The quantitative estimate of drug-likeness (QED) is 0.816. The van der Waals surface area contributed by atoms with Crippen LogP contribution in [0.1, 0.15) is 0 Å². The SMILES string of the molecule is c1ccc(Nc2cccc(OCC3CO3)c2)cc1. The molecule has 1 aliphatic heterocycles. The first kappa shape index (κ1) is 11.1. The summed E-state index contributed by atoms with van der Waals surface area (Å²) in [5, 5.41) is 3.34. The predicted octanol–water partition coefficient (Wildman–Crippen LogP) is 3.21. The lowest BCUT2D eigenvalue weighted by Gasteiger charge is -2.09. The van der Waals surface area contributed by atoms with Gasteiger partial charge in [-0.3, -0.25) is 0 Å². The fourth-order valence-electron chi connectivity index (χ4n) is 1.71. The minimum atomic E-state index is 0.288. The number of hydrogen-bond donors (Lipinski definition) is 1. The molecule has 3 rings (SSSR count). The zero-order valence-electron chi connectivity index (χ0n) is 10.0. The van der Waals surface area contributed by atoms with Gasteiger partial charge in [-0.15, -0.1) is 0 Å². The van der Waals surface area contributed by atoms with Gasteiger partial charge in [0.1, 0.15) is 18.5 Å². The lowest BCUT2D eigenvalue weighted by molar-refractivity contribution is 0.263. The van der Waals surface area contributed by atoms with Crippen molar-refractivity contribution < 1.29 is 9.47 Å². The van der Waals surface area contributed by atoms with Crippen LogP contribution in [0, 0.1) is 0 Å². The molecule has 3 heteroatoms. The highest BCUT2D eigenvalue weighted by Crippen LogP contribution is 2.22. The van der Waals surface area contributed by atoms with E-state index in [4.69, 9.17) is 9.47 Å². The molecule has 0 aliphatic carbocycles. The van der Waals surface area contributed by atoms with Crippen molar-refractivity contribution in [2.45, 2.75) is 6.10 Å². The fourth-order valence-corrected chi connectivity index (χ4v) is 1.71. The zero-order valence-corrected chi connectivity index (χ0v) is 10.0. The number of epoxide rings is 1. The summed E-state index contributed by atoms with van der Waals surface area (Å²) in [5.74, 6) is 0.867. The van der Waals surface area contributed by atoms with Crippen LogP contribution in [0.25, 0.3) is 0 Å². The number of nitrogens with one attached hydrogen (secondary N) is 1. The Morgan fingerprint density at radius 1 is 1.06 bits per heavy atom. The van der Waals surface area contributed by atoms with E-state index in [-0.39, 0.29) is 6.10 Å². The lowest BCUT2D eigenvalue weighted by Crippen LogP contribution is -2.04. The monoisotopic (exact) mass is 241 g/mol. The Labute approximate surface area is 106 Å². The number of para-hydroxylation sites is 1. The molecule has 1 atom stereocenters. The van der Waals surface area contributed by atoms with Gasteiger partial charge in [0.25, 0.3) is 0 Å². The Bertz CT molecular complexity index is 509. The second-order valence-corrected chi connectivity index (χ2v) is 4.29. The Kier molecular flexibility index (Phi) is 3.15. The van der Waals surface area contributed by atoms with Crippen molar-refractivity contribution in [2.75, 3.05) is 18.5 Å².